The first kappa shape index (κ1) is 12.7. The molecule has 0 amide bonds. The number of halogens is 2. The number of aromatic nitrogens is 3. The van der Waals surface area contributed by atoms with Crippen molar-refractivity contribution in [2.45, 2.75) is 25.3 Å². The van der Waals surface area contributed by atoms with Crippen molar-refractivity contribution in [3.05, 3.63) is 40.4 Å². The number of nitrogens with one attached hydrogen (secondary N) is 1. The molecule has 1 fully saturated rings. The zero-order chi connectivity index (χ0) is 13.2. The molecule has 0 aliphatic carbocycles. The fourth-order valence-corrected chi connectivity index (χ4v) is 2.54. The molecule has 1 aromatic carbocycles. The molecular weight excluding hydrogens is 311 g/mol. The lowest BCUT2D eigenvalue weighted by atomic mass is 10.0. The molecule has 1 aliphatic heterocycles. The number of hydrogen-bond donors (Lipinski definition) is 1. The van der Waals surface area contributed by atoms with Crippen LogP contribution in [0, 0.1) is 5.82 Å². The minimum absolute atomic E-state index is 0.266. The van der Waals surface area contributed by atoms with Gasteiger partial charge in [0.05, 0.1) is 22.4 Å². The van der Waals surface area contributed by atoms with Gasteiger partial charge >= 0.3 is 0 Å². The van der Waals surface area contributed by atoms with Gasteiger partial charge in [-0.2, -0.15) is 0 Å². The molecule has 2 aromatic rings. The molecule has 1 aliphatic rings. The van der Waals surface area contributed by atoms with E-state index in [0.717, 1.165) is 18.7 Å². The van der Waals surface area contributed by atoms with E-state index in [1.54, 1.807) is 16.8 Å². The van der Waals surface area contributed by atoms with E-state index in [1.807, 2.05) is 6.20 Å². The highest BCUT2D eigenvalue weighted by Crippen LogP contribution is 2.22. The Morgan fingerprint density at radius 3 is 3.00 bits per heavy atom. The second kappa shape index (κ2) is 5.38. The van der Waals surface area contributed by atoms with E-state index < -0.39 is 0 Å². The van der Waals surface area contributed by atoms with Gasteiger partial charge in [-0.05, 0) is 47.4 Å². The van der Waals surface area contributed by atoms with Crippen LogP contribution in [0.4, 0.5) is 4.39 Å². The van der Waals surface area contributed by atoms with Gasteiger partial charge in [0.15, 0.2) is 0 Å². The van der Waals surface area contributed by atoms with Gasteiger partial charge in [0.2, 0.25) is 0 Å². The summed E-state index contributed by atoms with van der Waals surface area (Å²) in [5, 5.41) is 11.7. The van der Waals surface area contributed by atoms with E-state index >= 15 is 0 Å². The van der Waals surface area contributed by atoms with E-state index in [9.17, 15) is 4.39 Å². The molecule has 1 N–H and O–H groups in total. The van der Waals surface area contributed by atoms with Gasteiger partial charge in [0.1, 0.15) is 11.5 Å². The Morgan fingerprint density at radius 1 is 1.37 bits per heavy atom. The zero-order valence-electron chi connectivity index (χ0n) is 10.3. The Hall–Kier alpha value is -1.27. The van der Waals surface area contributed by atoms with Crippen LogP contribution in [-0.4, -0.2) is 21.5 Å². The van der Waals surface area contributed by atoms with Crippen molar-refractivity contribution in [2.24, 2.45) is 0 Å². The van der Waals surface area contributed by atoms with Crippen molar-refractivity contribution in [2.75, 3.05) is 6.54 Å². The first-order chi connectivity index (χ1) is 9.24. The fraction of sp³-hybridized carbons (Fsp3) is 0.385. The molecule has 1 aromatic heterocycles. The first-order valence-corrected chi connectivity index (χ1v) is 7.14. The molecule has 3 rings (SSSR count). The molecule has 6 heteroatoms. The highest BCUT2D eigenvalue weighted by molar-refractivity contribution is 9.10. The van der Waals surface area contributed by atoms with Crippen LogP contribution < -0.4 is 5.32 Å². The third kappa shape index (κ3) is 2.69. The van der Waals surface area contributed by atoms with Crippen molar-refractivity contribution >= 4 is 15.9 Å². The van der Waals surface area contributed by atoms with Crippen LogP contribution >= 0.6 is 15.9 Å². The molecule has 1 atom stereocenters. The third-order valence-electron chi connectivity index (χ3n) is 3.35. The number of rotatable bonds is 2. The molecule has 2 heterocycles. The Labute approximate surface area is 119 Å². The SMILES string of the molecule is Fc1cc(-n2cc(C3CCCCN3)nn2)ccc1Br. The number of nitrogens with zero attached hydrogens (tertiary/aromatic N) is 3. The predicted octanol–water partition coefficient (Wildman–Crippen LogP) is 2.98. The van der Waals surface area contributed by atoms with Crippen LogP contribution in [0.1, 0.15) is 31.0 Å². The van der Waals surface area contributed by atoms with E-state index in [2.05, 4.69) is 31.6 Å². The maximum Gasteiger partial charge on any atom is 0.139 e. The summed E-state index contributed by atoms with van der Waals surface area (Å²) >= 11 is 3.14. The Kier molecular flexibility index (Phi) is 3.61. The maximum atomic E-state index is 13.5. The molecule has 0 saturated carbocycles. The van der Waals surface area contributed by atoms with E-state index in [-0.39, 0.29) is 11.9 Å². The van der Waals surface area contributed by atoms with Crippen LogP contribution in [0.2, 0.25) is 0 Å². The summed E-state index contributed by atoms with van der Waals surface area (Å²) in [5.41, 5.74) is 1.60. The second-order valence-corrected chi connectivity index (χ2v) is 5.54. The van der Waals surface area contributed by atoms with E-state index in [0.29, 0.717) is 10.2 Å². The van der Waals surface area contributed by atoms with Crippen molar-refractivity contribution in [3.63, 3.8) is 0 Å². The van der Waals surface area contributed by atoms with Crippen LogP contribution in [0.25, 0.3) is 5.69 Å². The summed E-state index contributed by atoms with van der Waals surface area (Å²) in [4.78, 5) is 0. The number of benzene rings is 1. The van der Waals surface area contributed by atoms with Gasteiger partial charge in [-0.15, -0.1) is 5.10 Å². The molecular formula is C13H14BrFN4. The molecule has 19 heavy (non-hydrogen) atoms. The normalized spacial score (nSPS) is 19.6. The second-order valence-electron chi connectivity index (χ2n) is 4.69. The summed E-state index contributed by atoms with van der Waals surface area (Å²) in [6.45, 7) is 1.02. The van der Waals surface area contributed by atoms with Crippen molar-refractivity contribution in [3.8, 4) is 5.69 Å². The molecule has 0 bridgehead atoms. The Balaban J connectivity index is 1.85. The molecule has 100 valence electrons. The van der Waals surface area contributed by atoms with Gasteiger partial charge in [-0.1, -0.05) is 11.6 Å². The fourth-order valence-electron chi connectivity index (χ4n) is 2.29. The van der Waals surface area contributed by atoms with Crippen molar-refractivity contribution < 1.29 is 4.39 Å². The zero-order valence-corrected chi connectivity index (χ0v) is 11.9. The minimum Gasteiger partial charge on any atom is -0.309 e. The van der Waals surface area contributed by atoms with Crippen LogP contribution in [0.5, 0.6) is 0 Å². The molecule has 4 nitrogen and oxygen atoms in total. The minimum atomic E-state index is -0.301. The number of piperidine rings is 1. The molecule has 0 spiro atoms. The monoisotopic (exact) mass is 324 g/mol. The van der Waals surface area contributed by atoms with E-state index in [4.69, 9.17) is 0 Å². The average Bonchev–Trinajstić information content (AvgIpc) is 2.93. The number of hydrogen-bond acceptors (Lipinski definition) is 3. The topological polar surface area (TPSA) is 42.7 Å². The van der Waals surface area contributed by atoms with Gasteiger partial charge in [-0.25, -0.2) is 9.07 Å². The van der Waals surface area contributed by atoms with Gasteiger partial charge in [-0.3, -0.25) is 0 Å². The standard InChI is InChI=1S/C13H14BrFN4/c14-10-5-4-9(7-11(10)15)19-8-13(17-18-19)12-3-1-2-6-16-12/h4-5,7-8,12,16H,1-3,6H2. The van der Waals surface area contributed by atoms with E-state index in [1.165, 1.54) is 18.9 Å². The summed E-state index contributed by atoms with van der Waals surface area (Å²) in [6, 6.07) is 5.18. The lowest BCUT2D eigenvalue weighted by Gasteiger charge is -2.20. The summed E-state index contributed by atoms with van der Waals surface area (Å²) in [5.74, 6) is -0.301. The van der Waals surface area contributed by atoms with Crippen LogP contribution in [-0.2, 0) is 0 Å². The summed E-state index contributed by atoms with van der Waals surface area (Å²) in [7, 11) is 0. The molecule has 1 saturated heterocycles. The van der Waals surface area contributed by atoms with Gasteiger partial charge in [0.25, 0.3) is 0 Å². The van der Waals surface area contributed by atoms with Crippen LogP contribution in [0.3, 0.4) is 0 Å². The van der Waals surface area contributed by atoms with Gasteiger partial charge in [0, 0.05) is 6.07 Å². The summed E-state index contributed by atoms with van der Waals surface area (Å²) < 4.78 is 15.6. The molecule has 1 unspecified atom stereocenters. The summed E-state index contributed by atoms with van der Waals surface area (Å²) in [6.07, 6.45) is 5.36. The lowest BCUT2D eigenvalue weighted by molar-refractivity contribution is 0.405. The molecule has 0 radical (unpaired) electrons. The van der Waals surface area contributed by atoms with Crippen molar-refractivity contribution in [1.82, 2.24) is 20.3 Å². The Bertz CT molecular complexity index is 578. The average molecular weight is 325 g/mol. The maximum absolute atomic E-state index is 13.5. The van der Waals surface area contributed by atoms with Crippen LogP contribution in [0.15, 0.2) is 28.9 Å². The smallest absolute Gasteiger partial charge is 0.139 e. The van der Waals surface area contributed by atoms with Gasteiger partial charge < -0.3 is 5.32 Å². The predicted molar refractivity (Wildman–Crippen MR) is 73.6 cm³/mol. The third-order valence-corrected chi connectivity index (χ3v) is 3.99. The van der Waals surface area contributed by atoms with Crippen molar-refractivity contribution in [1.29, 1.82) is 0 Å². The quantitative estimate of drug-likeness (QED) is 0.923. The largest absolute Gasteiger partial charge is 0.309 e. The lowest BCUT2D eigenvalue weighted by Crippen LogP contribution is -2.27. The highest BCUT2D eigenvalue weighted by atomic mass is 79.9. The first-order valence-electron chi connectivity index (χ1n) is 6.35. The Morgan fingerprint density at radius 2 is 2.26 bits per heavy atom. The highest BCUT2D eigenvalue weighted by Gasteiger charge is 2.18.